The molecule has 2 heterocycles. The van der Waals surface area contributed by atoms with Crippen LogP contribution in [-0.4, -0.2) is 28.5 Å². The molecule has 1 amide bonds. The second kappa shape index (κ2) is 7.70. The summed E-state index contributed by atoms with van der Waals surface area (Å²) in [5, 5.41) is 16.9. The van der Waals surface area contributed by atoms with E-state index in [0.717, 1.165) is 9.88 Å². The molecule has 0 fully saturated rings. The lowest BCUT2D eigenvalue weighted by molar-refractivity contribution is -0.149. The number of carbonyl (C=O) groups is 2. The van der Waals surface area contributed by atoms with Crippen molar-refractivity contribution in [2.24, 2.45) is 5.41 Å². The maximum atomic E-state index is 12.1. The van der Waals surface area contributed by atoms with Crippen LogP contribution in [0.5, 0.6) is 0 Å². The number of amides is 1. The zero-order valence-electron chi connectivity index (χ0n) is 13.2. The third-order valence-electron chi connectivity index (χ3n) is 4.06. The van der Waals surface area contributed by atoms with E-state index in [4.69, 9.17) is 0 Å². The average Bonchev–Trinajstić information content (AvgIpc) is 3.19. The Morgan fingerprint density at radius 3 is 2.61 bits per heavy atom. The van der Waals surface area contributed by atoms with Crippen LogP contribution < -0.4 is 5.32 Å². The van der Waals surface area contributed by atoms with Crippen LogP contribution in [0.4, 0.5) is 0 Å². The summed E-state index contributed by atoms with van der Waals surface area (Å²) in [5.41, 5.74) is -0.176. The van der Waals surface area contributed by atoms with Gasteiger partial charge < -0.3 is 10.4 Å². The van der Waals surface area contributed by atoms with Crippen LogP contribution >= 0.6 is 22.7 Å². The monoisotopic (exact) mass is 352 g/mol. The molecule has 0 aliphatic carbocycles. The van der Waals surface area contributed by atoms with Crippen LogP contribution in [0.25, 0.3) is 9.88 Å². The lowest BCUT2D eigenvalue weighted by atomic mass is 9.82. The van der Waals surface area contributed by atoms with E-state index in [1.165, 1.54) is 11.3 Å². The smallest absolute Gasteiger partial charge is 0.311 e. The lowest BCUT2D eigenvalue weighted by Crippen LogP contribution is -2.42. The molecule has 0 saturated carbocycles. The Labute approximate surface area is 143 Å². The van der Waals surface area contributed by atoms with E-state index in [2.05, 4.69) is 10.3 Å². The highest BCUT2D eigenvalue weighted by Gasteiger charge is 2.35. The van der Waals surface area contributed by atoms with Crippen molar-refractivity contribution in [3.05, 3.63) is 28.6 Å². The largest absolute Gasteiger partial charge is 0.481 e. The van der Waals surface area contributed by atoms with Crippen molar-refractivity contribution in [1.82, 2.24) is 10.3 Å². The fourth-order valence-corrected chi connectivity index (χ4v) is 3.91. The van der Waals surface area contributed by atoms with Crippen LogP contribution in [-0.2, 0) is 16.0 Å². The fourth-order valence-electron chi connectivity index (χ4n) is 2.27. The first-order valence-corrected chi connectivity index (χ1v) is 9.25. The molecule has 2 N–H and O–H groups in total. The van der Waals surface area contributed by atoms with Gasteiger partial charge in [0, 0.05) is 11.9 Å². The Hall–Kier alpha value is -1.73. The van der Waals surface area contributed by atoms with E-state index >= 15 is 0 Å². The number of carboxylic acid groups (broad SMARTS) is 1. The van der Waals surface area contributed by atoms with Gasteiger partial charge in [-0.2, -0.15) is 0 Å². The Bertz CT molecular complexity index is 661. The molecule has 7 heteroatoms. The van der Waals surface area contributed by atoms with E-state index < -0.39 is 11.4 Å². The molecule has 0 aliphatic rings. The Kier molecular flexibility index (Phi) is 5.90. The number of thiophene rings is 1. The summed E-state index contributed by atoms with van der Waals surface area (Å²) < 4.78 is 0. The summed E-state index contributed by atoms with van der Waals surface area (Å²) in [6, 6.07) is 3.96. The van der Waals surface area contributed by atoms with Crippen molar-refractivity contribution >= 4 is 34.6 Å². The topological polar surface area (TPSA) is 79.3 Å². The van der Waals surface area contributed by atoms with Crippen molar-refractivity contribution < 1.29 is 14.7 Å². The molecule has 0 radical (unpaired) electrons. The maximum absolute atomic E-state index is 12.1. The standard InChI is InChI=1S/C16H20N2O3S2/c1-3-16(4-2,15(20)21)10-17-13(19)8-11-9-23-14(18-11)12-6-5-7-22-12/h5-7,9H,3-4,8,10H2,1-2H3,(H,17,19)(H,20,21). The first-order chi connectivity index (χ1) is 11.0. The van der Waals surface area contributed by atoms with Gasteiger partial charge in [-0.15, -0.1) is 22.7 Å². The van der Waals surface area contributed by atoms with Crippen LogP contribution in [0.15, 0.2) is 22.9 Å². The SMILES string of the molecule is CCC(CC)(CNC(=O)Cc1csc(-c2cccs2)n1)C(=O)O. The minimum Gasteiger partial charge on any atom is -0.481 e. The van der Waals surface area contributed by atoms with E-state index in [0.29, 0.717) is 18.5 Å². The Balaban J connectivity index is 1.94. The van der Waals surface area contributed by atoms with Crippen LogP contribution in [0, 0.1) is 5.41 Å². The molecule has 23 heavy (non-hydrogen) atoms. The number of rotatable bonds is 8. The highest BCUT2D eigenvalue weighted by molar-refractivity contribution is 7.20. The van der Waals surface area contributed by atoms with E-state index in [-0.39, 0.29) is 18.9 Å². The predicted molar refractivity (Wildman–Crippen MR) is 92.8 cm³/mol. The number of thiazole rings is 1. The van der Waals surface area contributed by atoms with Gasteiger partial charge in [-0.25, -0.2) is 4.98 Å². The fraction of sp³-hybridized carbons (Fsp3) is 0.438. The quantitative estimate of drug-likeness (QED) is 0.763. The molecule has 0 spiro atoms. The molecule has 5 nitrogen and oxygen atoms in total. The van der Waals surface area contributed by atoms with Gasteiger partial charge in [0.15, 0.2) is 0 Å². The molecule has 0 unspecified atom stereocenters. The normalized spacial score (nSPS) is 11.4. The van der Waals surface area contributed by atoms with Gasteiger partial charge in [0.2, 0.25) is 5.91 Å². The van der Waals surface area contributed by atoms with E-state index in [1.54, 1.807) is 11.3 Å². The highest BCUT2D eigenvalue weighted by atomic mass is 32.1. The third-order valence-corrected chi connectivity index (χ3v) is 5.99. The average molecular weight is 352 g/mol. The molecule has 0 atom stereocenters. The second-order valence-electron chi connectivity index (χ2n) is 5.37. The number of hydrogen-bond acceptors (Lipinski definition) is 5. The van der Waals surface area contributed by atoms with Gasteiger partial charge in [0.1, 0.15) is 5.01 Å². The van der Waals surface area contributed by atoms with Crippen LogP contribution in [0.2, 0.25) is 0 Å². The van der Waals surface area contributed by atoms with Gasteiger partial charge in [-0.3, -0.25) is 9.59 Å². The summed E-state index contributed by atoms with van der Waals surface area (Å²) in [7, 11) is 0. The summed E-state index contributed by atoms with van der Waals surface area (Å²) in [6.45, 7) is 3.81. The number of aromatic nitrogens is 1. The summed E-state index contributed by atoms with van der Waals surface area (Å²) in [4.78, 5) is 29.1. The summed E-state index contributed by atoms with van der Waals surface area (Å²) in [6.07, 6.45) is 1.14. The number of aliphatic carboxylic acids is 1. The molecule has 0 aromatic carbocycles. The minimum atomic E-state index is -0.889. The molecule has 2 aromatic rings. The minimum absolute atomic E-state index is 0.149. The van der Waals surface area contributed by atoms with Crippen molar-refractivity contribution in [3.63, 3.8) is 0 Å². The number of nitrogens with zero attached hydrogens (tertiary/aromatic N) is 1. The molecule has 124 valence electrons. The van der Waals surface area contributed by atoms with Crippen LogP contribution in [0.1, 0.15) is 32.4 Å². The zero-order chi connectivity index (χ0) is 16.9. The number of carboxylic acids is 1. The Morgan fingerprint density at radius 1 is 1.30 bits per heavy atom. The van der Waals surface area contributed by atoms with Gasteiger partial charge in [0.25, 0.3) is 0 Å². The molecule has 0 aliphatic heterocycles. The van der Waals surface area contributed by atoms with Crippen molar-refractivity contribution in [1.29, 1.82) is 0 Å². The molecule has 2 rings (SSSR count). The van der Waals surface area contributed by atoms with Crippen LogP contribution in [0.3, 0.4) is 0 Å². The third kappa shape index (κ3) is 4.17. The molecule has 0 bridgehead atoms. The van der Waals surface area contributed by atoms with E-state index in [9.17, 15) is 14.7 Å². The van der Waals surface area contributed by atoms with Gasteiger partial charge in [0.05, 0.1) is 22.4 Å². The van der Waals surface area contributed by atoms with Gasteiger partial charge in [-0.05, 0) is 24.3 Å². The highest BCUT2D eigenvalue weighted by Crippen LogP contribution is 2.28. The molecule has 0 saturated heterocycles. The van der Waals surface area contributed by atoms with Crippen molar-refractivity contribution in [2.75, 3.05) is 6.54 Å². The van der Waals surface area contributed by atoms with Crippen molar-refractivity contribution in [3.8, 4) is 9.88 Å². The lowest BCUT2D eigenvalue weighted by Gasteiger charge is -2.26. The van der Waals surface area contributed by atoms with Gasteiger partial charge >= 0.3 is 5.97 Å². The number of nitrogens with one attached hydrogen (secondary N) is 1. The molecular formula is C16H20N2O3S2. The van der Waals surface area contributed by atoms with Gasteiger partial charge in [-0.1, -0.05) is 19.9 Å². The second-order valence-corrected chi connectivity index (χ2v) is 7.17. The predicted octanol–water partition coefficient (Wildman–Crippen LogP) is 3.42. The Morgan fingerprint density at radius 2 is 2.04 bits per heavy atom. The zero-order valence-corrected chi connectivity index (χ0v) is 14.8. The number of carbonyl (C=O) groups excluding carboxylic acids is 1. The maximum Gasteiger partial charge on any atom is 0.311 e. The molecule has 2 aromatic heterocycles. The van der Waals surface area contributed by atoms with Crippen molar-refractivity contribution in [2.45, 2.75) is 33.1 Å². The summed E-state index contributed by atoms with van der Waals surface area (Å²) >= 11 is 3.13. The van der Waals surface area contributed by atoms with E-state index in [1.807, 2.05) is 36.7 Å². The molecular weight excluding hydrogens is 332 g/mol. The first kappa shape index (κ1) is 17.6. The number of hydrogen-bond donors (Lipinski definition) is 2. The first-order valence-electron chi connectivity index (χ1n) is 7.49. The summed E-state index contributed by atoms with van der Waals surface area (Å²) in [5.74, 6) is -1.06.